The molecular formula is C7H15NO3. The molecule has 4 heteroatoms. The van der Waals surface area contributed by atoms with Crippen LogP contribution in [0.5, 0.6) is 0 Å². The smallest absolute Gasteiger partial charge is 0.404 e. The molecule has 0 fully saturated rings. The Morgan fingerprint density at radius 2 is 2.18 bits per heavy atom. The molecule has 0 aliphatic rings. The van der Waals surface area contributed by atoms with Gasteiger partial charge in [-0.25, -0.2) is 4.79 Å². The van der Waals surface area contributed by atoms with Crippen molar-refractivity contribution in [1.29, 1.82) is 0 Å². The van der Waals surface area contributed by atoms with E-state index in [1.54, 1.807) is 0 Å². The zero-order chi connectivity index (χ0) is 8.69. The van der Waals surface area contributed by atoms with Gasteiger partial charge in [0.2, 0.25) is 0 Å². The third-order valence-electron chi connectivity index (χ3n) is 1.30. The summed E-state index contributed by atoms with van der Waals surface area (Å²) in [7, 11) is 0. The molecule has 0 saturated heterocycles. The van der Waals surface area contributed by atoms with Gasteiger partial charge in [-0.2, -0.15) is 0 Å². The Bertz CT molecular complexity index is 116. The Balaban J connectivity index is 3.08. The van der Waals surface area contributed by atoms with Crippen molar-refractivity contribution in [3.8, 4) is 0 Å². The minimum atomic E-state index is -0.752. The molecular weight excluding hydrogens is 146 g/mol. The maximum atomic E-state index is 10.1. The van der Waals surface area contributed by atoms with E-state index in [2.05, 4.69) is 4.74 Å². The second kappa shape index (κ2) is 5.97. The van der Waals surface area contributed by atoms with Crippen LogP contribution in [-0.2, 0) is 9.47 Å². The van der Waals surface area contributed by atoms with Crippen molar-refractivity contribution >= 4 is 6.09 Å². The summed E-state index contributed by atoms with van der Waals surface area (Å²) in [4.78, 5) is 10.1. The number of hydrogen-bond acceptors (Lipinski definition) is 3. The van der Waals surface area contributed by atoms with Crippen molar-refractivity contribution in [2.24, 2.45) is 5.73 Å². The summed E-state index contributed by atoms with van der Waals surface area (Å²) in [6.07, 6.45) is 0.417. The molecule has 1 atom stereocenters. The van der Waals surface area contributed by atoms with Crippen LogP contribution in [0.4, 0.5) is 4.79 Å². The van der Waals surface area contributed by atoms with Crippen molar-refractivity contribution < 1.29 is 14.3 Å². The van der Waals surface area contributed by atoms with Gasteiger partial charge in [0.1, 0.15) is 6.61 Å². The molecule has 0 bridgehead atoms. The summed E-state index contributed by atoms with van der Waals surface area (Å²) in [5.41, 5.74) is 4.73. The summed E-state index contributed by atoms with van der Waals surface area (Å²) in [5.74, 6) is 0. The summed E-state index contributed by atoms with van der Waals surface area (Å²) in [6, 6.07) is 0. The van der Waals surface area contributed by atoms with Gasteiger partial charge in [0, 0.05) is 0 Å². The lowest BCUT2D eigenvalue weighted by atomic mass is 10.3. The van der Waals surface area contributed by atoms with Crippen LogP contribution >= 0.6 is 0 Å². The molecule has 4 nitrogen and oxygen atoms in total. The summed E-state index contributed by atoms with van der Waals surface area (Å²) in [5, 5.41) is 0. The molecule has 0 saturated carbocycles. The van der Waals surface area contributed by atoms with Crippen LogP contribution < -0.4 is 5.73 Å². The molecule has 0 radical (unpaired) electrons. The van der Waals surface area contributed by atoms with Gasteiger partial charge in [0.05, 0.1) is 12.7 Å². The first-order valence-corrected chi connectivity index (χ1v) is 3.70. The summed E-state index contributed by atoms with van der Waals surface area (Å²) >= 11 is 0. The Hall–Kier alpha value is -0.770. The number of carbonyl (C=O) groups is 1. The lowest BCUT2D eigenvalue weighted by Gasteiger charge is -2.09. The topological polar surface area (TPSA) is 61.6 Å². The standard InChI is InChI=1S/C7H15NO3/c1-3-6(2)10-4-5-11-7(8)9/h6H,3-5H2,1-2H3,(H2,8,9). The number of amides is 1. The number of primary amides is 1. The number of nitrogens with two attached hydrogens (primary N) is 1. The molecule has 0 rings (SSSR count). The largest absolute Gasteiger partial charge is 0.447 e. The van der Waals surface area contributed by atoms with E-state index in [9.17, 15) is 4.79 Å². The molecule has 0 heterocycles. The molecule has 0 aromatic heterocycles. The van der Waals surface area contributed by atoms with Gasteiger partial charge < -0.3 is 15.2 Å². The van der Waals surface area contributed by atoms with Crippen LogP contribution in [0.25, 0.3) is 0 Å². The van der Waals surface area contributed by atoms with Crippen molar-refractivity contribution in [2.75, 3.05) is 13.2 Å². The third kappa shape index (κ3) is 7.12. The quantitative estimate of drug-likeness (QED) is 0.609. The number of carbonyl (C=O) groups excluding carboxylic acids is 1. The van der Waals surface area contributed by atoms with Gasteiger partial charge in [-0.3, -0.25) is 0 Å². The first-order chi connectivity index (χ1) is 5.16. The normalized spacial score (nSPS) is 12.5. The predicted octanol–water partition coefficient (Wildman–Crippen LogP) is 0.897. The highest BCUT2D eigenvalue weighted by atomic mass is 16.6. The van der Waals surface area contributed by atoms with Gasteiger partial charge in [0.15, 0.2) is 0 Å². The first kappa shape index (κ1) is 10.2. The zero-order valence-electron chi connectivity index (χ0n) is 7.00. The van der Waals surface area contributed by atoms with E-state index in [1.807, 2.05) is 13.8 Å². The Kier molecular flexibility index (Phi) is 5.56. The Labute approximate surface area is 66.7 Å². The van der Waals surface area contributed by atoms with E-state index in [-0.39, 0.29) is 12.7 Å². The fourth-order valence-corrected chi connectivity index (χ4v) is 0.509. The maximum absolute atomic E-state index is 10.1. The molecule has 0 aromatic rings. The van der Waals surface area contributed by atoms with Crippen molar-refractivity contribution in [1.82, 2.24) is 0 Å². The van der Waals surface area contributed by atoms with Gasteiger partial charge in [-0.1, -0.05) is 6.92 Å². The van der Waals surface area contributed by atoms with Crippen LogP contribution in [0.2, 0.25) is 0 Å². The van der Waals surface area contributed by atoms with Gasteiger partial charge in [0.25, 0.3) is 0 Å². The average Bonchev–Trinajstić information content (AvgIpc) is 1.97. The second-order valence-electron chi connectivity index (χ2n) is 2.26. The van der Waals surface area contributed by atoms with Crippen LogP contribution in [0.3, 0.4) is 0 Å². The van der Waals surface area contributed by atoms with E-state index in [0.29, 0.717) is 6.61 Å². The predicted molar refractivity (Wildman–Crippen MR) is 41.2 cm³/mol. The fourth-order valence-electron chi connectivity index (χ4n) is 0.509. The molecule has 1 unspecified atom stereocenters. The molecule has 0 aliphatic carbocycles. The minimum absolute atomic E-state index is 0.214. The Morgan fingerprint density at radius 1 is 1.55 bits per heavy atom. The van der Waals surface area contributed by atoms with Gasteiger partial charge in [-0.05, 0) is 13.3 Å². The van der Waals surface area contributed by atoms with E-state index in [0.717, 1.165) is 6.42 Å². The SMILES string of the molecule is CCC(C)OCCOC(N)=O. The van der Waals surface area contributed by atoms with E-state index < -0.39 is 6.09 Å². The van der Waals surface area contributed by atoms with Gasteiger partial charge in [-0.15, -0.1) is 0 Å². The van der Waals surface area contributed by atoms with Gasteiger partial charge >= 0.3 is 6.09 Å². The molecule has 2 N–H and O–H groups in total. The average molecular weight is 161 g/mol. The minimum Gasteiger partial charge on any atom is -0.447 e. The number of hydrogen-bond donors (Lipinski definition) is 1. The highest BCUT2D eigenvalue weighted by Gasteiger charge is 1.98. The Morgan fingerprint density at radius 3 is 2.64 bits per heavy atom. The molecule has 0 aromatic carbocycles. The van der Waals surface area contributed by atoms with Crippen molar-refractivity contribution in [2.45, 2.75) is 26.4 Å². The highest BCUT2D eigenvalue weighted by Crippen LogP contribution is 1.94. The summed E-state index contributed by atoms with van der Waals surface area (Å²) in [6.45, 7) is 4.64. The molecule has 1 amide bonds. The fraction of sp³-hybridized carbons (Fsp3) is 0.857. The monoisotopic (exact) mass is 161 g/mol. The van der Waals surface area contributed by atoms with Crippen LogP contribution in [0.1, 0.15) is 20.3 Å². The molecule has 0 aliphatic heterocycles. The molecule has 0 spiro atoms. The van der Waals surface area contributed by atoms with Crippen molar-refractivity contribution in [3.05, 3.63) is 0 Å². The van der Waals surface area contributed by atoms with Crippen LogP contribution in [0.15, 0.2) is 0 Å². The van der Waals surface area contributed by atoms with E-state index in [4.69, 9.17) is 10.5 Å². The third-order valence-corrected chi connectivity index (χ3v) is 1.30. The first-order valence-electron chi connectivity index (χ1n) is 3.70. The molecule has 66 valence electrons. The van der Waals surface area contributed by atoms with Crippen molar-refractivity contribution in [3.63, 3.8) is 0 Å². The highest BCUT2D eigenvalue weighted by molar-refractivity contribution is 5.64. The number of rotatable bonds is 5. The lowest BCUT2D eigenvalue weighted by molar-refractivity contribution is 0.0312. The summed E-state index contributed by atoms with van der Waals surface area (Å²) < 4.78 is 9.66. The van der Waals surface area contributed by atoms with E-state index >= 15 is 0 Å². The maximum Gasteiger partial charge on any atom is 0.404 e. The molecule has 11 heavy (non-hydrogen) atoms. The van der Waals surface area contributed by atoms with Crippen LogP contribution in [-0.4, -0.2) is 25.4 Å². The second-order valence-corrected chi connectivity index (χ2v) is 2.26. The van der Waals surface area contributed by atoms with Crippen LogP contribution in [0, 0.1) is 0 Å². The number of ether oxygens (including phenoxy) is 2. The lowest BCUT2D eigenvalue weighted by Crippen LogP contribution is -2.18. The van der Waals surface area contributed by atoms with E-state index in [1.165, 1.54) is 0 Å². The zero-order valence-corrected chi connectivity index (χ0v) is 7.00.